The summed E-state index contributed by atoms with van der Waals surface area (Å²) in [5.74, 6) is -1.58. The first-order chi connectivity index (χ1) is 14.6. The summed E-state index contributed by atoms with van der Waals surface area (Å²) < 4.78 is 9.74. The second-order valence-corrected chi connectivity index (χ2v) is 6.47. The molecule has 0 radical (unpaired) electrons. The molecule has 0 fully saturated rings. The van der Waals surface area contributed by atoms with Gasteiger partial charge in [0.05, 0.1) is 24.3 Å². The average molecular weight is 403 g/mol. The Morgan fingerprint density at radius 2 is 1.20 bits per heavy atom. The fraction of sp³-hybridized carbons (Fsp3) is 0.125. The highest BCUT2D eigenvalue weighted by Crippen LogP contribution is 2.21. The van der Waals surface area contributed by atoms with E-state index in [4.69, 9.17) is 4.74 Å². The first kappa shape index (κ1) is 20.8. The molecule has 0 unspecified atom stereocenters. The zero-order valence-corrected chi connectivity index (χ0v) is 16.4. The van der Waals surface area contributed by atoms with Crippen molar-refractivity contribution in [2.24, 2.45) is 0 Å². The molecule has 152 valence electrons. The van der Waals surface area contributed by atoms with Gasteiger partial charge in [-0.3, -0.25) is 4.79 Å². The summed E-state index contributed by atoms with van der Waals surface area (Å²) in [5.41, 5.74) is 2.39. The monoisotopic (exact) mass is 403 g/mol. The summed E-state index contributed by atoms with van der Waals surface area (Å²) in [6.45, 7) is -0.423. The lowest BCUT2D eigenvalue weighted by atomic mass is 9.99. The predicted octanol–water partition coefficient (Wildman–Crippen LogP) is 3.54. The molecule has 1 N–H and O–H groups in total. The molecule has 0 atom stereocenters. The van der Waals surface area contributed by atoms with Crippen LogP contribution in [0.1, 0.15) is 37.9 Å². The minimum atomic E-state index is -0.655. The number of carbonyl (C=O) groups is 3. The first-order valence-corrected chi connectivity index (χ1v) is 9.33. The highest BCUT2D eigenvalue weighted by atomic mass is 16.5. The van der Waals surface area contributed by atoms with Crippen molar-refractivity contribution in [3.05, 3.63) is 107 Å². The van der Waals surface area contributed by atoms with Gasteiger partial charge in [-0.2, -0.15) is 0 Å². The van der Waals surface area contributed by atoms with Crippen LogP contribution in [0.2, 0.25) is 0 Å². The van der Waals surface area contributed by atoms with Gasteiger partial charge < -0.3 is 14.8 Å². The fourth-order valence-corrected chi connectivity index (χ4v) is 2.93. The summed E-state index contributed by atoms with van der Waals surface area (Å²) in [5, 5.41) is 2.91. The molecule has 0 saturated heterocycles. The molecule has 3 rings (SSSR count). The number of carbonyl (C=O) groups excluding carboxylic acids is 3. The van der Waals surface area contributed by atoms with Crippen LogP contribution < -0.4 is 5.32 Å². The predicted molar refractivity (Wildman–Crippen MR) is 111 cm³/mol. The summed E-state index contributed by atoms with van der Waals surface area (Å²) in [7, 11) is 1.28. The van der Waals surface area contributed by atoms with E-state index in [0.717, 1.165) is 11.1 Å². The van der Waals surface area contributed by atoms with Gasteiger partial charge in [-0.25, -0.2) is 9.59 Å². The molecule has 6 nitrogen and oxygen atoms in total. The Morgan fingerprint density at radius 1 is 0.733 bits per heavy atom. The van der Waals surface area contributed by atoms with Crippen LogP contribution in [-0.2, 0) is 14.3 Å². The zero-order chi connectivity index (χ0) is 21.3. The van der Waals surface area contributed by atoms with Crippen molar-refractivity contribution in [2.75, 3.05) is 13.7 Å². The third-order valence-electron chi connectivity index (χ3n) is 4.45. The lowest BCUT2D eigenvalue weighted by Crippen LogP contribution is -2.33. The highest BCUT2D eigenvalue weighted by molar-refractivity contribution is 5.94. The molecule has 0 aromatic heterocycles. The van der Waals surface area contributed by atoms with Gasteiger partial charge in [0.1, 0.15) is 0 Å². The Balaban J connectivity index is 1.63. The van der Waals surface area contributed by atoms with E-state index in [0.29, 0.717) is 5.56 Å². The lowest BCUT2D eigenvalue weighted by Gasteiger charge is -2.20. The quantitative estimate of drug-likeness (QED) is 0.611. The summed E-state index contributed by atoms with van der Waals surface area (Å²) in [4.78, 5) is 36.1. The maximum absolute atomic E-state index is 12.5. The molecule has 0 spiro atoms. The van der Waals surface area contributed by atoms with Gasteiger partial charge in [0.15, 0.2) is 6.61 Å². The van der Waals surface area contributed by atoms with Crippen LogP contribution in [0.25, 0.3) is 0 Å². The van der Waals surface area contributed by atoms with Gasteiger partial charge in [-0.05, 0) is 35.4 Å². The molecule has 0 saturated carbocycles. The third kappa shape index (κ3) is 5.32. The Morgan fingerprint density at radius 3 is 1.67 bits per heavy atom. The van der Waals surface area contributed by atoms with Crippen molar-refractivity contribution < 1.29 is 23.9 Å². The van der Waals surface area contributed by atoms with Crippen molar-refractivity contribution >= 4 is 17.8 Å². The molecule has 3 aromatic carbocycles. The Bertz CT molecular complexity index is 961. The van der Waals surface area contributed by atoms with E-state index in [9.17, 15) is 14.4 Å². The topological polar surface area (TPSA) is 81.7 Å². The SMILES string of the molecule is COC(=O)c1ccc(C(=O)OCC(=O)NC(c2ccccc2)c2ccccc2)cc1. The van der Waals surface area contributed by atoms with E-state index < -0.39 is 24.5 Å². The molecule has 0 aliphatic carbocycles. The Kier molecular flexibility index (Phi) is 6.95. The van der Waals surface area contributed by atoms with Gasteiger partial charge in [0.2, 0.25) is 0 Å². The van der Waals surface area contributed by atoms with Crippen molar-refractivity contribution in [2.45, 2.75) is 6.04 Å². The highest BCUT2D eigenvalue weighted by Gasteiger charge is 2.18. The number of rotatable bonds is 7. The number of esters is 2. The van der Waals surface area contributed by atoms with Gasteiger partial charge >= 0.3 is 11.9 Å². The third-order valence-corrected chi connectivity index (χ3v) is 4.45. The standard InChI is InChI=1S/C24H21NO5/c1-29-23(27)19-12-14-20(15-13-19)24(28)30-16-21(26)25-22(17-8-4-2-5-9-17)18-10-6-3-7-11-18/h2-15,22H,16H2,1H3,(H,25,26). The molecule has 0 aliphatic heterocycles. The van der Waals surface area contributed by atoms with Crippen LogP contribution in [0.4, 0.5) is 0 Å². The fourth-order valence-electron chi connectivity index (χ4n) is 2.93. The van der Waals surface area contributed by atoms with E-state index in [1.165, 1.54) is 31.4 Å². The number of nitrogens with one attached hydrogen (secondary N) is 1. The first-order valence-electron chi connectivity index (χ1n) is 9.33. The van der Waals surface area contributed by atoms with Crippen LogP contribution in [0, 0.1) is 0 Å². The smallest absolute Gasteiger partial charge is 0.338 e. The van der Waals surface area contributed by atoms with Gasteiger partial charge in [0.25, 0.3) is 5.91 Å². The molecular weight excluding hydrogens is 382 g/mol. The van der Waals surface area contributed by atoms with Crippen LogP contribution >= 0.6 is 0 Å². The number of benzene rings is 3. The number of methoxy groups -OCH3 is 1. The van der Waals surface area contributed by atoms with Crippen molar-refractivity contribution in [1.29, 1.82) is 0 Å². The second-order valence-electron chi connectivity index (χ2n) is 6.47. The minimum absolute atomic E-state index is 0.234. The second kappa shape index (κ2) is 10.0. The summed E-state index contributed by atoms with van der Waals surface area (Å²) in [6.07, 6.45) is 0. The number of hydrogen-bond acceptors (Lipinski definition) is 5. The summed E-state index contributed by atoms with van der Waals surface area (Å²) >= 11 is 0. The zero-order valence-electron chi connectivity index (χ0n) is 16.4. The number of ether oxygens (including phenoxy) is 2. The molecule has 0 bridgehead atoms. The molecule has 3 aromatic rings. The van der Waals surface area contributed by atoms with Crippen LogP contribution in [0.15, 0.2) is 84.9 Å². The van der Waals surface area contributed by atoms with E-state index in [-0.39, 0.29) is 11.6 Å². The number of amides is 1. The van der Waals surface area contributed by atoms with E-state index in [1.807, 2.05) is 60.7 Å². The van der Waals surface area contributed by atoms with E-state index in [1.54, 1.807) is 0 Å². The van der Waals surface area contributed by atoms with Crippen LogP contribution in [-0.4, -0.2) is 31.6 Å². The van der Waals surface area contributed by atoms with Gasteiger partial charge in [0, 0.05) is 0 Å². The summed E-state index contributed by atoms with van der Waals surface area (Å²) in [6, 6.07) is 24.5. The van der Waals surface area contributed by atoms with Crippen LogP contribution in [0.3, 0.4) is 0 Å². The van der Waals surface area contributed by atoms with Crippen molar-refractivity contribution in [3.63, 3.8) is 0 Å². The molecule has 1 amide bonds. The molecule has 0 heterocycles. The maximum atomic E-state index is 12.5. The van der Waals surface area contributed by atoms with Crippen molar-refractivity contribution in [1.82, 2.24) is 5.32 Å². The largest absolute Gasteiger partial charge is 0.465 e. The lowest BCUT2D eigenvalue weighted by molar-refractivity contribution is -0.124. The number of hydrogen-bond donors (Lipinski definition) is 1. The van der Waals surface area contributed by atoms with Crippen LogP contribution in [0.5, 0.6) is 0 Å². The Hall–Kier alpha value is -3.93. The minimum Gasteiger partial charge on any atom is -0.465 e. The maximum Gasteiger partial charge on any atom is 0.338 e. The molecule has 30 heavy (non-hydrogen) atoms. The molecule has 6 heteroatoms. The molecular formula is C24H21NO5. The van der Waals surface area contributed by atoms with E-state index >= 15 is 0 Å². The Labute approximate surface area is 174 Å². The van der Waals surface area contributed by atoms with Crippen molar-refractivity contribution in [3.8, 4) is 0 Å². The normalized spacial score (nSPS) is 10.3. The average Bonchev–Trinajstić information content (AvgIpc) is 2.81. The molecule has 0 aliphatic rings. The van der Waals surface area contributed by atoms with Gasteiger partial charge in [-0.1, -0.05) is 60.7 Å². The van der Waals surface area contributed by atoms with Gasteiger partial charge in [-0.15, -0.1) is 0 Å². The van der Waals surface area contributed by atoms with E-state index in [2.05, 4.69) is 10.1 Å².